The first-order valence-electron chi connectivity index (χ1n) is 7.61. The Morgan fingerprint density at radius 1 is 1.12 bits per heavy atom. The van der Waals surface area contributed by atoms with Crippen LogP contribution < -0.4 is 4.72 Å². The normalized spacial score (nSPS) is 11.3. The number of sulfonamides is 1. The summed E-state index contributed by atoms with van der Waals surface area (Å²) in [5, 5.41) is 11.1. The highest BCUT2D eigenvalue weighted by Crippen LogP contribution is 2.24. The Labute approximate surface area is 154 Å². The maximum absolute atomic E-state index is 12.5. The molecule has 2 aromatic carbocycles. The highest BCUT2D eigenvalue weighted by atomic mass is 32.2. The molecule has 2 aromatic heterocycles. The van der Waals surface area contributed by atoms with E-state index in [9.17, 15) is 8.42 Å². The van der Waals surface area contributed by atoms with Crippen molar-refractivity contribution in [2.45, 2.75) is 4.90 Å². The summed E-state index contributed by atoms with van der Waals surface area (Å²) in [6.07, 6.45) is 3.86. The molecule has 0 aliphatic rings. The molecule has 8 heteroatoms. The van der Waals surface area contributed by atoms with Crippen molar-refractivity contribution in [2.75, 3.05) is 4.72 Å². The molecular formula is C18H12N4O2S2. The van der Waals surface area contributed by atoms with Crippen LogP contribution in [0.3, 0.4) is 0 Å². The number of imidazole rings is 1. The minimum Gasteiger partial charge on any atom is -0.297 e. The van der Waals surface area contributed by atoms with Crippen molar-refractivity contribution < 1.29 is 8.42 Å². The van der Waals surface area contributed by atoms with Crippen LogP contribution in [0.4, 0.5) is 5.69 Å². The quantitative estimate of drug-likeness (QED) is 0.584. The van der Waals surface area contributed by atoms with Gasteiger partial charge in [-0.25, -0.2) is 13.4 Å². The fourth-order valence-corrected chi connectivity index (χ4v) is 4.50. The van der Waals surface area contributed by atoms with E-state index in [-0.39, 0.29) is 10.5 Å². The maximum atomic E-state index is 12.5. The maximum Gasteiger partial charge on any atom is 0.263 e. The van der Waals surface area contributed by atoms with E-state index in [1.165, 1.54) is 12.1 Å². The van der Waals surface area contributed by atoms with Crippen molar-refractivity contribution in [1.82, 2.24) is 9.38 Å². The lowest BCUT2D eigenvalue weighted by atomic mass is 10.1. The van der Waals surface area contributed by atoms with E-state index in [4.69, 9.17) is 5.26 Å². The van der Waals surface area contributed by atoms with Gasteiger partial charge in [-0.1, -0.05) is 24.3 Å². The molecule has 0 spiro atoms. The number of aromatic nitrogens is 2. The Kier molecular flexibility index (Phi) is 3.95. The van der Waals surface area contributed by atoms with E-state index >= 15 is 0 Å². The average Bonchev–Trinajstić information content (AvgIpc) is 3.24. The van der Waals surface area contributed by atoms with E-state index in [1.54, 1.807) is 47.7 Å². The Hall–Kier alpha value is -3.15. The largest absolute Gasteiger partial charge is 0.297 e. The fourth-order valence-electron chi connectivity index (χ4n) is 2.58. The van der Waals surface area contributed by atoms with E-state index < -0.39 is 10.0 Å². The van der Waals surface area contributed by atoms with Crippen molar-refractivity contribution >= 4 is 32.0 Å². The van der Waals surface area contributed by atoms with Crippen LogP contribution in [0, 0.1) is 11.3 Å². The highest BCUT2D eigenvalue weighted by molar-refractivity contribution is 7.92. The third kappa shape index (κ3) is 2.94. The lowest BCUT2D eigenvalue weighted by Gasteiger charge is -2.09. The predicted molar refractivity (Wildman–Crippen MR) is 100 cm³/mol. The Morgan fingerprint density at radius 2 is 1.88 bits per heavy atom. The summed E-state index contributed by atoms with van der Waals surface area (Å²) in [7, 11) is -3.84. The van der Waals surface area contributed by atoms with Crippen molar-refractivity contribution in [2.24, 2.45) is 0 Å². The first kappa shape index (κ1) is 16.3. The fraction of sp³-hybridized carbons (Fsp3) is 0. The summed E-state index contributed by atoms with van der Waals surface area (Å²) in [4.78, 5) is 5.38. The minimum atomic E-state index is -3.84. The van der Waals surface area contributed by atoms with Gasteiger partial charge in [0.25, 0.3) is 10.0 Å². The predicted octanol–water partition coefficient (Wildman–Crippen LogP) is 3.74. The van der Waals surface area contributed by atoms with Crippen LogP contribution in [0.5, 0.6) is 0 Å². The third-order valence-corrected chi connectivity index (χ3v) is 6.03. The van der Waals surface area contributed by atoms with Crippen molar-refractivity contribution in [3.63, 3.8) is 0 Å². The van der Waals surface area contributed by atoms with Gasteiger partial charge >= 0.3 is 0 Å². The van der Waals surface area contributed by atoms with Crippen LogP contribution in [0.15, 0.2) is 71.2 Å². The number of fused-ring (bicyclic) bond motifs is 1. The van der Waals surface area contributed by atoms with Crippen LogP contribution in [0.2, 0.25) is 0 Å². The molecule has 0 aliphatic heterocycles. The molecule has 6 nitrogen and oxygen atoms in total. The Morgan fingerprint density at radius 3 is 2.62 bits per heavy atom. The van der Waals surface area contributed by atoms with Gasteiger partial charge in [0.1, 0.15) is 11.0 Å². The number of nitrogens with zero attached hydrogens (tertiary/aromatic N) is 3. The van der Waals surface area contributed by atoms with Crippen LogP contribution in [0.25, 0.3) is 16.2 Å². The van der Waals surface area contributed by atoms with Gasteiger partial charge in [0.15, 0.2) is 4.96 Å². The molecule has 0 bridgehead atoms. The van der Waals surface area contributed by atoms with Gasteiger partial charge in [0, 0.05) is 29.0 Å². The van der Waals surface area contributed by atoms with E-state index in [1.807, 2.05) is 28.2 Å². The van der Waals surface area contributed by atoms with Gasteiger partial charge in [-0.3, -0.25) is 9.12 Å². The third-order valence-electron chi connectivity index (χ3n) is 3.82. The molecular weight excluding hydrogens is 368 g/mol. The average molecular weight is 380 g/mol. The summed E-state index contributed by atoms with van der Waals surface area (Å²) in [5.41, 5.74) is 2.24. The Balaban J connectivity index is 1.61. The zero-order valence-electron chi connectivity index (χ0n) is 13.3. The molecule has 2 heterocycles. The number of thiazole rings is 1. The van der Waals surface area contributed by atoms with Gasteiger partial charge < -0.3 is 0 Å². The first-order chi connectivity index (χ1) is 12.6. The lowest BCUT2D eigenvalue weighted by Crippen LogP contribution is -2.14. The molecule has 128 valence electrons. The van der Waals surface area contributed by atoms with Gasteiger partial charge in [0.2, 0.25) is 0 Å². The molecule has 0 amide bonds. The van der Waals surface area contributed by atoms with Gasteiger partial charge in [-0.15, -0.1) is 11.3 Å². The summed E-state index contributed by atoms with van der Waals surface area (Å²) in [5.74, 6) is 0. The number of benzene rings is 2. The monoisotopic (exact) mass is 380 g/mol. The van der Waals surface area contributed by atoms with Crippen molar-refractivity contribution in [1.29, 1.82) is 5.26 Å². The number of nitriles is 1. The summed E-state index contributed by atoms with van der Waals surface area (Å²) >= 11 is 1.55. The SMILES string of the molecule is N#Cc1ccccc1S(=O)(=O)Nc1ccc(-c2cn3ccsc3n2)cc1. The van der Waals surface area contributed by atoms with Crippen LogP contribution in [0.1, 0.15) is 5.56 Å². The highest BCUT2D eigenvalue weighted by Gasteiger charge is 2.18. The zero-order valence-corrected chi connectivity index (χ0v) is 15.0. The summed E-state index contributed by atoms with van der Waals surface area (Å²) in [6.45, 7) is 0. The van der Waals surface area contributed by atoms with E-state index in [0.717, 1.165) is 16.2 Å². The molecule has 4 rings (SSSR count). The number of hydrogen-bond donors (Lipinski definition) is 1. The second kappa shape index (κ2) is 6.29. The number of anilines is 1. The van der Waals surface area contributed by atoms with Crippen molar-refractivity contribution in [3.05, 3.63) is 71.9 Å². The minimum absolute atomic E-state index is 0.0408. The number of rotatable bonds is 4. The second-order valence-corrected chi connectivity index (χ2v) is 8.03. The van der Waals surface area contributed by atoms with Gasteiger partial charge in [-0.05, 0) is 24.3 Å². The summed E-state index contributed by atoms with van der Waals surface area (Å²) < 4.78 is 29.5. The molecule has 0 aliphatic carbocycles. The first-order valence-corrected chi connectivity index (χ1v) is 9.98. The van der Waals surface area contributed by atoms with Crippen LogP contribution in [-0.4, -0.2) is 17.8 Å². The van der Waals surface area contributed by atoms with Crippen molar-refractivity contribution in [3.8, 4) is 17.3 Å². The van der Waals surface area contributed by atoms with Gasteiger partial charge in [0.05, 0.1) is 11.3 Å². The Bertz CT molecular complexity index is 1200. The zero-order chi connectivity index (χ0) is 18.1. The standard InChI is InChI=1S/C18H12N4O2S2/c19-11-14-3-1-2-4-17(14)26(23,24)21-15-7-5-13(6-8-15)16-12-22-9-10-25-18(22)20-16/h1-10,12,21H. The molecule has 0 radical (unpaired) electrons. The molecule has 0 unspecified atom stereocenters. The lowest BCUT2D eigenvalue weighted by molar-refractivity contribution is 0.601. The van der Waals surface area contributed by atoms with E-state index in [0.29, 0.717) is 5.69 Å². The van der Waals surface area contributed by atoms with Crippen LogP contribution in [-0.2, 0) is 10.0 Å². The smallest absolute Gasteiger partial charge is 0.263 e. The summed E-state index contributed by atoms with van der Waals surface area (Å²) in [6, 6.07) is 15.0. The number of hydrogen-bond acceptors (Lipinski definition) is 5. The molecule has 4 aromatic rings. The second-order valence-electron chi connectivity index (χ2n) is 5.51. The molecule has 0 saturated carbocycles. The molecule has 0 atom stereocenters. The van der Waals surface area contributed by atoms with Crippen LogP contribution >= 0.6 is 11.3 Å². The van der Waals surface area contributed by atoms with E-state index in [2.05, 4.69) is 9.71 Å². The van der Waals surface area contributed by atoms with Gasteiger partial charge in [-0.2, -0.15) is 5.26 Å². The molecule has 0 saturated heterocycles. The topological polar surface area (TPSA) is 87.3 Å². The molecule has 26 heavy (non-hydrogen) atoms. The number of nitrogens with one attached hydrogen (secondary N) is 1. The molecule has 1 N–H and O–H groups in total. The molecule has 0 fully saturated rings.